The van der Waals surface area contributed by atoms with Gasteiger partial charge in [-0.05, 0) is 0 Å². The van der Waals surface area contributed by atoms with E-state index in [0.29, 0.717) is 19.6 Å². The number of carbonyl (C=O) groups is 1. The number of amides is 2. The lowest BCUT2D eigenvalue weighted by molar-refractivity contribution is 0.194. The monoisotopic (exact) mass is 301 g/mol. The number of H-pyrrole nitrogens is 1. The number of rotatable bonds is 4. The highest BCUT2D eigenvalue weighted by molar-refractivity contribution is 5.74. The van der Waals surface area contributed by atoms with Crippen LogP contribution in [0.1, 0.15) is 5.69 Å². The van der Waals surface area contributed by atoms with Crippen LogP contribution in [0.5, 0.6) is 0 Å². The summed E-state index contributed by atoms with van der Waals surface area (Å²) >= 11 is 0. The van der Waals surface area contributed by atoms with E-state index in [0.717, 1.165) is 31.0 Å². The highest BCUT2D eigenvalue weighted by atomic mass is 16.2. The molecule has 0 atom stereocenters. The highest BCUT2D eigenvalue weighted by Crippen LogP contribution is 2.11. The van der Waals surface area contributed by atoms with Crippen LogP contribution in [0.15, 0.2) is 31.1 Å². The maximum absolute atomic E-state index is 12.1. The molecule has 2 N–H and O–H groups in total. The number of nitrogens with zero attached hydrogens (tertiary/aromatic N) is 5. The number of aromatic amines is 1. The van der Waals surface area contributed by atoms with Gasteiger partial charge in [0.05, 0.1) is 12.5 Å². The summed E-state index contributed by atoms with van der Waals surface area (Å²) in [5, 5.41) is 2.94. The summed E-state index contributed by atoms with van der Waals surface area (Å²) in [4.78, 5) is 31.4. The van der Waals surface area contributed by atoms with Crippen LogP contribution in [0.4, 0.5) is 10.6 Å². The van der Waals surface area contributed by atoms with Crippen molar-refractivity contribution in [2.75, 3.05) is 37.6 Å². The lowest BCUT2D eigenvalue weighted by atomic mass is 10.3. The molecule has 2 aromatic heterocycles. The lowest BCUT2D eigenvalue weighted by Gasteiger charge is -2.35. The third-order valence-electron chi connectivity index (χ3n) is 3.67. The van der Waals surface area contributed by atoms with E-state index in [1.54, 1.807) is 31.1 Å². The molecule has 116 valence electrons. The van der Waals surface area contributed by atoms with Gasteiger partial charge < -0.3 is 20.1 Å². The van der Waals surface area contributed by atoms with E-state index in [2.05, 4.69) is 30.2 Å². The molecule has 2 amide bonds. The van der Waals surface area contributed by atoms with Crippen LogP contribution in [0.3, 0.4) is 0 Å². The number of hydrogen-bond donors (Lipinski definition) is 2. The van der Waals surface area contributed by atoms with E-state index in [-0.39, 0.29) is 6.03 Å². The fourth-order valence-electron chi connectivity index (χ4n) is 2.43. The van der Waals surface area contributed by atoms with Crippen molar-refractivity contribution >= 4 is 11.8 Å². The quantitative estimate of drug-likeness (QED) is 0.846. The molecule has 2 aromatic rings. The van der Waals surface area contributed by atoms with E-state index < -0.39 is 0 Å². The Bertz CT molecular complexity index is 579. The number of carbonyl (C=O) groups excluding carboxylic acids is 1. The number of hydrogen-bond acceptors (Lipinski definition) is 5. The van der Waals surface area contributed by atoms with Gasteiger partial charge in [0.2, 0.25) is 0 Å². The van der Waals surface area contributed by atoms with Crippen molar-refractivity contribution in [2.45, 2.75) is 6.42 Å². The minimum absolute atomic E-state index is 0.0155. The number of aromatic nitrogens is 4. The van der Waals surface area contributed by atoms with Crippen molar-refractivity contribution < 1.29 is 4.79 Å². The van der Waals surface area contributed by atoms with Crippen LogP contribution in [0.25, 0.3) is 0 Å². The Hall–Kier alpha value is -2.64. The number of anilines is 1. The second-order valence-electron chi connectivity index (χ2n) is 5.10. The molecule has 0 unspecified atom stereocenters. The van der Waals surface area contributed by atoms with Crippen LogP contribution in [0, 0.1) is 0 Å². The fourth-order valence-corrected chi connectivity index (χ4v) is 2.43. The zero-order valence-electron chi connectivity index (χ0n) is 12.3. The standard InChI is InChI=1S/C14H19N7O/c22-14(18-2-1-12-9-16-11-19-12)21-7-5-20(6-8-21)13-10-15-3-4-17-13/h3-4,9-11H,1-2,5-8H2,(H,16,19)(H,18,22). The first-order chi connectivity index (χ1) is 10.8. The van der Waals surface area contributed by atoms with Crippen molar-refractivity contribution in [1.82, 2.24) is 30.2 Å². The average Bonchev–Trinajstić information content (AvgIpc) is 3.09. The molecule has 0 spiro atoms. The molecule has 3 rings (SSSR count). The Balaban J connectivity index is 1.42. The molecule has 1 saturated heterocycles. The molecule has 0 radical (unpaired) electrons. The molecule has 1 aliphatic heterocycles. The zero-order valence-corrected chi connectivity index (χ0v) is 12.3. The fraction of sp³-hybridized carbons (Fsp3) is 0.429. The molecule has 8 heteroatoms. The molecule has 0 aliphatic carbocycles. The number of piperazine rings is 1. The number of urea groups is 1. The Kier molecular flexibility index (Phi) is 4.47. The molecule has 0 bridgehead atoms. The molecular weight excluding hydrogens is 282 g/mol. The van der Waals surface area contributed by atoms with Gasteiger partial charge in [0.25, 0.3) is 0 Å². The summed E-state index contributed by atoms with van der Waals surface area (Å²) < 4.78 is 0. The number of imidazole rings is 1. The van der Waals surface area contributed by atoms with Crippen molar-refractivity contribution in [3.8, 4) is 0 Å². The lowest BCUT2D eigenvalue weighted by Crippen LogP contribution is -2.52. The molecule has 1 fully saturated rings. The van der Waals surface area contributed by atoms with Gasteiger partial charge in [0.1, 0.15) is 5.82 Å². The van der Waals surface area contributed by atoms with Crippen LogP contribution in [0.2, 0.25) is 0 Å². The molecule has 22 heavy (non-hydrogen) atoms. The third kappa shape index (κ3) is 3.51. The van der Waals surface area contributed by atoms with E-state index in [4.69, 9.17) is 0 Å². The summed E-state index contributed by atoms with van der Waals surface area (Å²) in [6.45, 7) is 3.52. The van der Waals surface area contributed by atoms with Gasteiger partial charge in [0.15, 0.2) is 0 Å². The van der Waals surface area contributed by atoms with Gasteiger partial charge in [-0.2, -0.15) is 0 Å². The van der Waals surface area contributed by atoms with Crippen molar-refractivity contribution in [1.29, 1.82) is 0 Å². The van der Waals surface area contributed by atoms with E-state index >= 15 is 0 Å². The molecule has 0 saturated carbocycles. The predicted molar refractivity (Wildman–Crippen MR) is 81.5 cm³/mol. The summed E-state index contributed by atoms with van der Waals surface area (Å²) in [6.07, 6.45) is 9.26. The van der Waals surface area contributed by atoms with E-state index in [1.165, 1.54) is 0 Å². The normalized spacial score (nSPS) is 14.9. The number of nitrogens with one attached hydrogen (secondary N) is 2. The molecular formula is C14H19N7O. The SMILES string of the molecule is O=C(NCCc1cnc[nH]1)N1CCN(c2cnccn2)CC1. The Labute approximate surface area is 128 Å². The van der Waals surface area contributed by atoms with Gasteiger partial charge in [-0.1, -0.05) is 0 Å². The van der Waals surface area contributed by atoms with Gasteiger partial charge in [-0.3, -0.25) is 4.98 Å². The molecule has 3 heterocycles. The predicted octanol–water partition coefficient (Wildman–Crippen LogP) is 0.274. The largest absolute Gasteiger partial charge is 0.352 e. The second-order valence-corrected chi connectivity index (χ2v) is 5.10. The third-order valence-corrected chi connectivity index (χ3v) is 3.67. The summed E-state index contributed by atoms with van der Waals surface area (Å²) in [6, 6.07) is -0.0155. The summed E-state index contributed by atoms with van der Waals surface area (Å²) in [5.74, 6) is 0.863. The van der Waals surface area contributed by atoms with Crippen LogP contribution in [-0.2, 0) is 6.42 Å². The van der Waals surface area contributed by atoms with Gasteiger partial charge >= 0.3 is 6.03 Å². The van der Waals surface area contributed by atoms with Crippen LogP contribution < -0.4 is 10.2 Å². The first-order valence-electron chi connectivity index (χ1n) is 7.34. The minimum Gasteiger partial charge on any atom is -0.352 e. The van der Waals surface area contributed by atoms with E-state index in [1.807, 2.05) is 4.90 Å². The van der Waals surface area contributed by atoms with Gasteiger partial charge in [-0.25, -0.2) is 14.8 Å². The summed E-state index contributed by atoms with van der Waals surface area (Å²) in [5.41, 5.74) is 1.02. The Morgan fingerprint density at radius 1 is 1.18 bits per heavy atom. The minimum atomic E-state index is -0.0155. The topological polar surface area (TPSA) is 90.0 Å². The average molecular weight is 301 g/mol. The van der Waals surface area contributed by atoms with Gasteiger partial charge in [0, 0.05) is 63.4 Å². The smallest absolute Gasteiger partial charge is 0.317 e. The molecule has 8 nitrogen and oxygen atoms in total. The van der Waals surface area contributed by atoms with Gasteiger partial charge in [-0.15, -0.1) is 0 Å². The van der Waals surface area contributed by atoms with Crippen molar-refractivity contribution in [3.63, 3.8) is 0 Å². The first-order valence-corrected chi connectivity index (χ1v) is 7.34. The zero-order chi connectivity index (χ0) is 15.2. The maximum Gasteiger partial charge on any atom is 0.317 e. The summed E-state index contributed by atoms with van der Waals surface area (Å²) in [7, 11) is 0. The maximum atomic E-state index is 12.1. The molecule has 0 aromatic carbocycles. The van der Waals surface area contributed by atoms with Crippen LogP contribution in [-0.4, -0.2) is 63.6 Å². The second kappa shape index (κ2) is 6.88. The highest BCUT2D eigenvalue weighted by Gasteiger charge is 2.21. The van der Waals surface area contributed by atoms with E-state index in [9.17, 15) is 4.79 Å². The molecule has 1 aliphatic rings. The Morgan fingerprint density at radius 3 is 2.73 bits per heavy atom. The Morgan fingerprint density at radius 2 is 2.05 bits per heavy atom. The first kappa shape index (κ1) is 14.3. The van der Waals surface area contributed by atoms with Crippen molar-refractivity contribution in [2.24, 2.45) is 0 Å². The van der Waals surface area contributed by atoms with Crippen LogP contribution >= 0.6 is 0 Å². The van der Waals surface area contributed by atoms with Crippen molar-refractivity contribution in [3.05, 3.63) is 36.8 Å².